The lowest BCUT2D eigenvalue weighted by Gasteiger charge is -2.23. The van der Waals surface area contributed by atoms with E-state index in [0.717, 1.165) is 5.56 Å². The fraction of sp³-hybridized carbons (Fsp3) is 0.190. The first-order chi connectivity index (χ1) is 14.0. The minimum atomic E-state index is -0.235. The molecule has 1 saturated heterocycles. The minimum absolute atomic E-state index is 0.0979. The monoisotopic (exact) mass is 446 g/mol. The quantitative estimate of drug-likeness (QED) is 0.515. The average molecular weight is 447 g/mol. The number of nitrogens with zero attached hydrogens (tertiary/aromatic N) is 2. The van der Waals surface area contributed by atoms with Crippen molar-refractivity contribution in [3.8, 4) is 0 Å². The summed E-state index contributed by atoms with van der Waals surface area (Å²) in [6.45, 7) is 0.216. The first-order valence-electron chi connectivity index (χ1n) is 8.97. The number of hydrogen-bond donors (Lipinski definition) is 1. The van der Waals surface area contributed by atoms with Crippen LogP contribution < -0.4 is 4.90 Å². The summed E-state index contributed by atoms with van der Waals surface area (Å²) in [7, 11) is 0. The zero-order chi connectivity index (χ0) is 20.8. The van der Waals surface area contributed by atoms with E-state index in [1.54, 1.807) is 24.3 Å². The van der Waals surface area contributed by atoms with Gasteiger partial charge in [0.1, 0.15) is 4.32 Å². The van der Waals surface area contributed by atoms with E-state index in [1.807, 2.05) is 36.4 Å². The van der Waals surface area contributed by atoms with Gasteiger partial charge < -0.3 is 10.0 Å². The Balaban J connectivity index is 1.68. The second-order valence-corrected chi connectivity index (χ2v) is 8.29. The average Bonchev–Trinajstić information content (AvgIpc) is 2.99. The summed E-state index contributed by atoms with van der Waals surface area (Å²) in [6.07, 6.45) is 1.81. The van der Waals surface area contributed by atoms with Crippen molar-refractivity contribution in [1.82, 2.24) is 4.90 Å². The largest absolute Gasteiger partial charge is 0.395 e. The Bertz CT molecular complexity index is 950. The molecule has 3 rings (SSSR count). The van der Waals surface area contributed by atoms with Gasteiger partial charge in [0.15, 0.2) is 0 Å². The number of amides is 2. The molecule has 1 heterocycles. The molecule has 0 saturated carbocycles. The van der Waals surface area contributed by atoms with Crippen LogP contribution in [0.1, 0.15) is 12.0 Å². The summed E-state index contributed by atoms with van der Waals surface area (Å²) in [5.41, 5.74) is 1.44. The zero-order valence-electron chi connectivity index (χ0n) is 15.5. The van der Waals surface area contributed by atoms with Crippen LogP contribution in [0.25, 0.3) is 6.08 Å². The number of hydrogen-bond acceptors (Lipinski definition) is 5. The molecule has 5 nitrogen and oxygen atoms in total. The van der Waals surface area contributed by atoms with Crippen molar-refractivity contribution in [3.63, 3.8) is 0 Å². The van der Waals surface area contributed by atoms with Crippen molar-refractivity contribution in [1.29, 1.82) is 0 Å². The van der Waals surface area contributed by atoms with Gasteiger partial charge in [-0.1, -0.05) is 72.0 Å². The number of halogens is 1. The van der Waals surface area contributed by atoms with Gasteiger partial charge in [-0.05, 0) is 29.8 Å². The molecule has 2 aromatic carbocycles. The van der Waals surface area contributed by atoms with Crippen molar-refractivity contribution >= 4 is 63.5 Å². The molecule has 0 bridgehead atoms. The number of rotatable bonds is 7. The van der Waals surface area contributed by atoms with Gasteiger partial charge in [-0.15, -0.1) is 0 Å². The van der Waals surface area contributed by atoms with Crippen molar-refractivity contribution in [2.75, 3.05) is 24.6 Å². The topological polar surface area (TPSA) is 60.9 Å². The lowest BCUT2D eigenvalue weighted by Crippen LogP contribution is -2.37. The van der Waals surface area contributed by atoms with E-state index in [-0.39, 0.29) is 37.9 Å². The maximum absolute atomic E-state index is 12.8. The van der Waals surface area contributed by atoms with E-state index in [1.165, 1.54) is 21.6 Å². The highest BCUT2D eigenvalue weighted by molar-refractivity contribution is 8.26. The molecule has 8 heteroatoms. The zero-order valence-corrected chi connectivity index (χ0v) is 17.8. The van der Waals surface area contributed by atoms with Crippen LogP contribution in [0.15, 0.2) is 59.5 Å². The molecule has 0 radical (unpaired) electrons. The van der Waals surface area contributed by atoms with Crippen LogP contribution in [0.4, 0.5) is 5.69 Å². The maximum Gasteiger partial charge on any atom is 0.266 e. The number of carbonyl (C=O) groups is 2. The van der Waals surface area contributed by atoms with Gasteiger partial charge in [0.2, 0.25) is 5.91 Å². The summed E-state index contributed by atoms with van der Waals surface area (Å²) < 4.78 is 0.412. The summed E-state index contributed by atoms with van der Waals surface area (Å²) in [5.74, 6) is -0.421. The number of thiocarbonyl (C=S) groups is 1. The highest BCUT2D eigenvalue weighted by atomic mass is 35.5. The number of carbonyl (C=O) groups excluding carboxylic acids is 2. The number of benzene rings is 2. The Morgan fingerprint density at radius 2 is 1.86 bits per heavy atom. The van der Waals surface area contributed by atoms with Gasteiger partial charge in [0.05, 0.1) is 11.5 Å². The molecule has 1 aliphatic rings. The van der Waals surface area contributed by atoms with E-state index in [2.05, 4.69) is 0 Å². The molecule has 2 amide bonds. The second kappa shape index (κ2) is 10.0. The third-order valence-electron chi connectivity index (χ3n) is 4.31. The van der Waals surface area contributed by atoms with E-state index >= 15 is 0 Å². The number of aliphatic hydroxyl groups is 1. The highest BCUT2D eigenvalue weighted by Gasteiger charge is 2.32. The Kier molecular flexibility index (Phi) is 7.44. The minimum Gasteiger partial charge on any atom is -0.395 e. The number of para-hydroxylation sites is 1. The summed E-state index contributed by atoms with van der Waals surface area (Å²) in [6, 6.07) is 16.4. The molecule has 0 atom stereocenters. The first kappa shape index (κ1) is 21.5. The van der Waals surface area contributed by atoms with Crippen molar-refractivity contribution < 1.29 is 14.7 Å². The number of thioether (sulfide) groups is 1. The second-order valence-electron chi connectivity index (χ2n) is 6.21. The van der Waals surface area contributed by atoms with Crippen LogP contribution in [0.2, 0.25) is 5.02 Å². The molecule has 2 aromatic rings. The smallest absolute Gasteiger partial charge is 0.266 e. The van der Waals surface area contributed by atoms with Crippen molar-refractivity contribution in [2.24, 2.45) is 0 Å². The van der Waals surface area contributed by atoms with E-state index in [0.29, 0.717) is 19.9 Å². The number of anilines is 1. The Morgan fingerprint density at radius 1 is 1.17 bits per heavy atom. The fourth-order valence-corrected chi connectivity index (χ4v) is 4.36. The number of aliphatic hydroxyl groups excluding tert-OH is 1. The van der Waals surface area contributed by atoms with Gasteiger partial charge in [-0.25, -0.2) is 0 Å². The van der Waals surface area contributed by atoms with Crippen LogP contribution in [0.5, 0.6) is 0 Å². The molecule has 150 valence electrons. The maximum atomic E-state index is 12.8. The van der Waals surface area contributed by atoms with Gasteiger partial charge in [0.25, 0.3) is 5.91 Å². The Labute approximate surface area is 183 Å². The molecule has 0 unspecified atom stereocenters. The van der Waals surface area contributed by atoms with E-state index in [9.17, 15) is 14.7 Å². The molecular weight excluding hydrogens is 428 g/mol. The van der Waals surface area contributed by atoms with Crippen molar-refractivity contribution in [2.45, 2.75) is 6.42 Å². The van der Waals surface area contributed by atoms with Gasteiger partial charge in [-0.3, -0.25) is 14.5 Å². The molecule has 1 N–H and O–H groups in total. The van der Waals surface area contributed by atoms with Crippen molar-refractivity contribution in [3.05, 3.63) is 70.1 Å². The van der Waals surface area contributed by atoms with E-state index < -0.39 is 0 Å². The Hall–Kier alpha value is -2.19. The van der Waals surface area contributed by atoms with Gasteiger partial charge in [-0.2, -0.15) is 0 Å². The Morgan fingerprint density at radius 3 is 2.55 bits per heavy atom. The van der Waals surface area contributed by atoms with Gasteiger partial charge in [0, 0.05) is 30.2 Å². The molecule has 1 aliphatic heterocycles. The normalized spacial score (nSPS) is 15.2. The summed E-state index contributed by atoms with van der Waals surface area (Å²) >= 11 is 12.7. The molecular formula is C21H19ClN2O3S2. The van der Waals surface area contributed by atoms with E-state index in [4.69, 9.17) is 23.8 Å². The SMILES string of the molecule is O=C1C(=Cc2ccccc2Cl)SC(=S)N1CCC(=O)N(CCO)c1ccccc1. The molecule has 0 aliphatic carbocycles. The first-order valence-corrected chi connectivity index (χ1v) is 10.6. The summed E-state index contributed by atoms with van der Waals surface area (Å²) in [4.78, 5) is 28.9. The van der Waals surface area contributed by atoms with Crippen LogP contribution in [0, 0.1) is 0 Å². The molecule has 1 fully saturated rings. The van der Waals surface area contributed by atoms with Gasteiger partial charge >= 0.3 is 0 Å². The highest BCUT2D eigenvalue weighted by Crippen LogP contribution is 2.33. The molecule has 0 aromatic heterocycles. The fourth-order valence-electron chi connectivity index (χ4n) is 2.87. The molecule has 0 spiro atoms. The van der Waals surface area contributed by atoms with Crippen LogP contribution in [-0.4, -0.2) is 45.8 Å². The lowest BCUT2D eigenvalue weighted by molar-refractivity contribution is -0.123. The lowest BCUT2D eigenvalue weighted by atomic mass is 10.2. The van der Waals surface area contributed by atoms with Crippen LogP contribution >= 0.6 is 35.6 Å². The predicted molar refractivity (Wildman–Crippen MR) is 122 cm³/mol. The third kappa shape index (κ3) is 5.25. The standard InChI is InChI=1S/C21H19ClN2O3S2/c22-17-9-5-4-6-15(17)14-18-20(27)24(21(28)29-18)11-10-19(26)23(12-13-25)16-7-2-1-3-8-16/h1-9,14,25H,10-13H2. The molecule has 29 heavy (non-hydrogen) atoms. The van der Waals surface area contributed by atoms with Crippen LogP contribution in [0.3, 0.4) is 0 Å². The van der Waals surface area contributed by atoms with Crippen LogP contribution in [-0.2, 0) is 9.59 Å². The summed E-state index contributed by atoms with van der Waals surface area (Å²) in [5, 5.41) is 9.86. The third-order valence-corrected chi connectivity index (χ3v) is 6.03. The predicted octanol–water partition coefficient (Wildman–Crippen LogP) is 3.96.